The summed E-state index contributed by atoms with van der Waals surface area (Å²) in [5.74, 6) is -0.494. The van der Waals surface area contributed by atoms with Crippen molar-refractivity contribution in [2.45, 2.75) is 32.6 Å². The molecule has 0 saturated carbocycles. The van der Waals surface area contributed by atoms with Gasteiger partial charge in [0.2, 0.25) is 5.91 Å². The van der Waals surface area contributed by atoms with Crippen molar-refractivity contribution in [1.29, 1.82) is 0 Å². The molecule has 0 aromatic carbocycles. The molecule has 0 aromatic rings. The summed E-state index contributed by atoms with van der Waals surface area (Å²) in [4.78, 5) is 23.9. The smallest absolute Gasteiger partial charge is 0.322 e. The number of carboxylic acids is 1. The lowest BCUT2D eigenvalue weighted by atomic mass is 9.94. The Morgan fingerprint density at radius 2 is 2.17 bits per heavy atom. The molecule has 1 aliphatic rings. The maximum absolute atomic E-state index is 11.5. The first-order valence-corrected chi connectivity index (χ1v) is 6.32. The van der Waals surface area contributed by atoms with Gasteiger partial charge in [0.25, 0.3) is 0 Å². The van der Waals surface area contributed by atoms with Crippen molar-refractivity contribution < 1.29 is 14.7 Å². The lowest BCUT2D eigenvalue weighted by molar-refractivity contribution is -0.138. The minimum absolute atomic E-state index is 0. The molecule has 5 nitrogen and oxygen atoms in total. The second kappa shape index (κ2) is 9.16. The Bertz CT molecular complexity index is 272. The van der Waals surface area contributed by atoms with E-state index in [9.17, 15) is 9.59 Å². The minimum atomic E-state index is -0.999. The fourth-order valence-electron chi connectivity index (χ4n) is 2.37. The molecule has 1 fully saturated rings. The number of rotatable bonds is 6. The van der Waals surface area contributed by atoms with Crippen LogP contribution in [0.5, 0.6) is 0 Å². The van der Waals surface area contributed by atoms with E-state index < -0.39 is 5.97 Å². The Kier molecular flexibility index (Phi) is 8.75. The summed E-state index contributed by atoms with van der Waals surface area (Å²) >= 11 is 0. The Morgan fingerprint density at radius 1 is 1.44 bits per heavy atom. The van der Waals surface area contributed by atoms with Crippen molar-refractivity contribution in [3.63, 3.8) is 0 Å². The van der Waals surface area contributed by atoms with Gasteiger partial charge in [-0.25, -0.2) is 0 Å². The lowest BCUT2D eigenvalue weighted by Gasteiger charge is -2.32. The van der Waals surface area contributed by atoms with E-state index in [1.807, 2.05) is 0 Å². The van der Waals surface area contributed by atoms with Gasteiger partial charge in [0, 0.05) is 6.54 Å². The maximum Gasteiger partial charge on any atom is 0.322 e. The molecule has 1 unspecified atom stereocenters. The van der Waals surface area contributed by atoms with Crippen molar-refractivity contribution in [3.8, 4) is 0 Å². The number of hydrogen-bond acceptors (Lipinski definition) is 3. The van der Waals surface area contributed by atoms with Gasteiger partial charge >= 0.3 is 5.97 Å². The largest absolute Gasteiger partial charge is 0.480 e. The van der Waals surface area contributed by atoms with E-state index in [0.29, 0.717) is 12.5 Å². The fourth-order valence-corrected chi connectivity index (χ4v) is 2.37. The van der Waals surface area contributed by atoms with Crippen molar-refractivity contribution in [3.05, 3.63) is 0 Å². The van der Waals surface area contributed by atoms with Crippen LogP contribution in [-0.4, -0.2) is 48.1 Å². The highest BCUT2D eigenvalue weighted by atomic mass is 35.5. The van der Waals surface area contributed by atoms with Gasteiger partial charge < -0.3 is 10.4 Å². The molecule has 1 heterocycles. The van der Waals surface area contributed by atoms with Gasteiger partial charge in [0.15, 0.2) is 0 Å². The van der Waals surface area contributed by atoms with Crippen LogP contribution in [0.2, 0.25) is 0 Å². The molecule has 1 rings (SSSR count). The lowest BCUT2D eigenvalue weighted by Crippen LogP contribution is -2.43. The number of likely N-dealkylation sites (tertiary alicyclic amines) is 1. The molecule has 18 heavy (non-hydrogen) atoms. The predicted octanol–water partition coefficient (Wildman–Crippen LogP) is 1.12. The SMILES string of the molecule is CCCC1CCCN(CC(=O)NCC(=O)O)C1.Cl. The molecule has 6 heteroatoms. The van der Waals surface area contributed by atoms with Crippen molar-refractivity contribution in [2.75, 3.05) is 26.2 Å². The molecule has 0 radical (unpaired) electrons. The quantitative estimate of drug-likeness (QED) is 0.764. The molecule has 0 aromatic heterocycles. The van der Waals surface area contributed by atoms with Crippen LogP contribution in [0.15, 0.2) is 0 Å². The van der Waals surface area contributed by atoms with Crippen LogP contribution in [0.3, 0.4) is 0 Å². The highest BCUT2D eigenvalue weighted by Crippen LogP contribution is 2.20. The predicted molar refractivity (Wildman–Crippen MR) is 72.0 cm³/mol. The first-order valence-electron chi connectivity index (χ1n) is 6.32. The molecular formula is C12H23ClN2O3. The third-order valence-electron chi connectivity index (χ3n) is 3.10. The van der Waals surface area contributed by atoms with Crippen LogP contribution in [0, 0.1) is 5.92 Å². The number of carbonyl (C=O) groups is 2. The first kappa shape index (κ1) is 17.2. The second-order valence-corrected chi connectivity index (χ2v) is 4.70. The van der Waals surface area contributed by atoms with E-state index in [2.05, 4.69) is 17.1 Å². The average molecular weight is 279 g/mol. The molecule has 106 valence electrons. The number of carbonyl (C=O) groups excluding carboxylic acids is 1. The van der Waals surface area contributed by atoms with Crippen LogP contribution >= 0.6 is 12.4 Å². The minimum Gasteiger partial charge on any atom is -0.480 e. The Hall–Kier alpha value is -0.810. The van der Waals surface area contributed by atoms with Crippen LogP contribution in [0.25, 0.3) is 0 Å². The van der Waals surface area contributed by atoms with E-state index in [1.54, 1.807) is 0 Å². The third-order valence-corrected chi connectivity index (χ3v) is 3.10. The molecular weight excluding hydrogens is 256 g/mol. The molecule has 0 spiro atoms. The van der Waals surface area contributed by atoms with Crippen LogP contribution in [0.1, 0.15) is 32.6 Å². The standard InChI is InChI=1S/C12H22N2O3.ClH/c1-2-4-10-5-3-6-14(8-10)9-11(15)13-7-12(16)17;/h10H,2-9H2,1H3,(H,13,15)(H,16,17);1H. The highest BCUT2D eigenvalue weighted by Gasteiger charge is 2.20. The summed E-state index contributed by atoms with van der Waals surface area (Å²) in [6.07, 6.45) is 4.79. The van der Waals surface area contributed by atoms with Gasteiger partial charge in [-0.2, -0.15) is 0 Å². The summed E-state index contributed by atoms with van der Waals surface area (Å²) < 4.78 is 0. The van der Waals surface area contributed by atoms with Gasteiger partial charge in [0.1, 0.15) is 6.54 Å². The van der Waals surface area contributed by atoms with E-state index in [-0.39, 0.29) is 24.9 Å². The monoisotopic (exact) mass is 278 g/mol. The molecule has 0 bridgehead atoms. The molecule has 1 atom stereocenters. The molecule has 1 aliphatic heterocycles. The normalized spacial score (nSPS) is 19.9. The van der Waals surface area contributed by atoms with Gasteiger partial charge in [-0.3, -0.25) is 14.5 Å². The molecule has 1 saturated heterocycles. The number of carboxylic acid groups (broad SMARTS) is 1. The molecule has 0 aliphatic carbocycles. The van der Waals surface area contributed by atoms with Crippen molar-refractivity contribution >= 4 is 24.3 Å². The number of amides is 1. The molecule has 1 amide bonds. The third kappa shape index (κ3) is 6.81. The Labute approximate surface area is 114 Å². The van der Waals surface area contributed by atoms with Gasteiger partial charge in [-0.1, -0.05) is 13.3 Å². The second-order valence-electron chi connectivity index (χ2n) is 4.70. The number of halogens is 1. The Balaban J connectivity index is 0.00000289. The number of nitrogens with zero attached hydrogens (tertiary/aromatic N) is 1. The number of aliphatic carboxylic acids is 1. The van der Waals surface area contributed by atoms with Crippen molar-refractivity contribution in [1.82, 2.24) is 10.2 Å². The van der Waals surface area contributed by atoms with Crippen LogP contribution < -0.4 is 5.32 Å². The Morgan fingerprint density at radius 3 is 2.78 bits per heavy atom. The van der Waals surface area contributed by atoms with Crippen molar-refractivity contribution in [2.24, 2.45) is 5.92 Å². The summed E-state index contributed by atoms with van der Waals surface area (Å²) in [7, 11) is 0. The van der Waals surface area contributed by atoms with Gasteiger partial charge in [-0.05, 0) is 31.7 Å². The zero-order chi connectivity index (χ0) is 12.7. The zero-order valence-corrected chi connectivity index (χ0v) is 11.7. The van der Waals surface area contributed by atoms with Gasteiger partial charge in [0.05, 0.1) is 6.54 Å². The molecule has 2 N–H and O–H groups in total. The van der Waals surface area contributed by atoms with E-state index in [1.165, 1.54) is 19.3 Å². The van der Waals surface area contributed by atoms with Crippen LogP contribution in [0.4, 0.5) is 0 Å². The summed E-state index contributed by atoms with van der Waals surface area (Å²) in [5.41, 5.74) is 0. The topological polar surface area (TPSA) is 69.6 Å². The van der Waals surface area contributed by atoms with E-state index in [4.69, 9.17) is 5.11 Å². The first-order chi connectivity index (χ1) is 8.11. The zero-order valence-electron chi connectivity index (χ0n) is 10.9. The average Bonchev–Trinajstić information content (AvgIpc) is 2.27. The van der Waals surface area contributed by atoms with Crippen LogP contribution in [-0.2, 0) is 9.59 Å². The highest BCUT2D eigenvalue weighted by molar-refractivity contribution is 5.85. The van der Waals surface area contributed by atoms with Gasteiger partial charge in [-0.15, -0.1) is 12.4 Å². The number of nitrogens with one attached hydrogen (secondary N) is 1. The number of piperidine rings is 1. The maximum atomic E-state index is 11.5. The summed E-state index contributed by atoms with van der Waals surface area (Å²) in [5, 5.41) is 10.8. The fraction of sp³-hybridized carbons (Fsp3) is 0.833. The summed E-state index contributed by atoms with van der Waals surface area (Å²) in [6.45, 7) is 4.13. The number of hydrogen-bond donors (Lipinski definition) is 2. The van der Waals surface area contributed by atoms with E-state index >= 15 is 0 Å². The summed E-state index contributed by atoms with van der Waals surface area (Å²) in [6, 6.07) is 0. The van der Waals surface area contributed by atoms with E-state index in [0.717, 1.165) is 19.5 Å².